The first kappa shape index (κ1) is 25.9. The molecule has 0 fully saturated rings. The topological polar surface area (TPSA) is 87.3 Å². The summed E-state index contributed by atoms with van der Waals surface area (Å²) in [7, 11) is 0. The van der Waals surface area contributed by atoms with E-state index >= 15 is 0 Å². The minimum Gasteiger partial charge on any atom is -0.340 e. The van der Waals surface area contributed by atoms with Gasteiger partial charge in [0.15, 0.2) is 0 Å². The van der Waals surface area contributed by atoms with Gasteiger partial charge in [0.05, 0.1) is 12.1 Å². The molecular weight excluding hydrogens is 469 g/mol. The third kappa shape index (κ3) is 7.39. The number of amides is 3. The lowest BCUT2D eigenvalue weighted by Crippen LogP contribution is -2.47. The molecule has 2 atom stereocenters. The van der Waals surface area contributed by atoms with Crippen LogP contribution >= 0.6 is 11.6 Å². The van der Waals surface area contributed by atoms with Crippen LogP contribution in [0.5, 0.6) is 0 Å². The highest BCUT2D eigenvalue weighted by atomic mass is 35.5. The van der Waals surface area contributed by atoms with Crippen molar-refractivity contribution in [2.24, 2.45) is 5.92 Å². The van der Waals surface area contributed by atoms with Crippen LogP contribution in [0, 0.1) is 11.7 Å². The first-order valence-electron chi connectivity index (χ1n) is 11.3. The fraction of sp³-hybridized carbons (Fsp3) is 0.222. The van der Waals surface area contributed by atoms with E-state index in [4.69, 9.17) is 11.6 Å². The van der Waals surface area contributed by atoms with Gasteiger partial charge in [-0.25, -0.2) is 4.39 Å². The summed E-state index contributed by atoms with van der Waals surface area (Å²) in [5.41, 5.74) is 1.41. The molecule has 0 aliphatic carbocycles. The Morgan fingerprint density at radius 1 is 0.943 bits per heavy atom. The smallest absolute Gasteiger partial charge is 0.251 e. The largest absolute Gasteiger partial charge is 0.340 e. The second-order valence-electron chi connectivity index (χ2n) is 8.24. The molecule has 3 N–H and O–H groups in total. The predicted molar refractivity (Wildman–Crippen MR) is 136 cm³/mol. The van der Waals surface area contributed by atoms with Gasteiger partial charge < -0.3 is 16.0 Å². The molecule has 0 heterocycles. The van der Waals surface area contributed by atoms with E-state index in [0.29, 0.717) is 22.7 Å². The van der Waals surface area contributed by atoms with E-state index in [1.165, 1.54) is 12.1 Å². The quantitative estimate of drug-likeness (QED) is 0.369. The molecule has 3 rings (SSSR count). The lowest BCUT2D eigenvalue weighted by atomic mass is 9.97. The van der Waals surface area contributed by atoms with Gasteiger partial charge in [-0.2, -0.15) is 0 Å². The lowest BCUT2D eigenvalue weighted by molar-refractivity contribution is -0.119. The van der Waals surface area contributed by atoms with Crippen LogP contribution in [0.3, 0.4) is 0 Å². The summed E-state index contributed by atoms with van der Waals surface area (Å²) in [5.74, 6) is -2.04. The fourth-order valence-corrected chi connectivity index (χ4v) is 3.55. The summed E-state index contributed by atoms with van der Waals surface area (Å²) in [6.45, 7) is 3.77. The van der Waals surface area contributed by atoms with Crippen molar-refractivity contribution in [2.45, 2.75) is 32.7 Å². The number of halogens is 2. The maximum Gasteiger partial charge on any atom is 0.251 e. The Bertz CT molecular complexity index is 1190. The Labute approximate surface area is 208 Å². The zero-order valence-electron chi connectivity index (χ0n) is 19.5. The van der Waals surface area contributed by atoms with Crippen molar-refractivity contribution in [2.75, 3.05) is 10.6 Å². The number of hydrogen-bond acceptors (Lipinski definition) is 3. The summed E-state index contributed by atoms with van der Waals surface area (Å²) in [4.78, 5) is 38.1. The molecule has 3 amide bonds. The average Bonchev–Trinajstić information content (AvgIpc) is 2.85. The van der Waals surface area contributed by atoms with Crippen LogP contribution in [0.2, 0.25) is 5.02 Å². The van der Waals surface area contributed by atoms with E-state index in [9.17, 15) is 18.8 Å². The molecule has 3 aromatic carbocycles. The monoisotopic (exact) mass is 495 g/mol. The molecule has 35 heavy (non-hydrogen) atoms. The van der Waals surface area contributed by atoms with Gasteiger partial charge in [0.25, 0.3) is 5.91 Å². The summed E-state index contributed by atoms with van der Waals surface area (Å²) in [6, 6.07) is 18.5. The molecule has 0 radical (unpaired) electrons. The standard InChI is InChI=1S/C27H27ClFN3O3/c1-3-17(2)25(32-26(34)19-9-11-20(28)12-10-19)27(35)30-21-13-14-22(29)23(16-21)31-24(33)15-18-7-5-4-6-8-18/h4-14,16-17,25H,3,15H2,1-2H3,(H,30,35)(H,31,33)(H,32,34). The number of anilines is 2. The predicted octanol–water partition coefficient (Wildman–Crippen LogP) is 5.44. The molecule has 6 nitrogen and oxygen atoms in total. The number of benzene rings is 3. The van der Waals surface area contributed by atoms with E-state index < -0.39 is 23.7 Å². The molecule has 0 aromatic heterocycles. The Morgan fingerprint density at radius 2 is 1.63 bits per heavy atom. The number of hydrogen-bond donors (Lipinski definition) is 3. The fourth-order valence-electron chi connectivity index (χ4n) is 3.42. The molecule has 0 spiro atoms. The van der Waals surface area contributed by atoms with Crippen LogP contribution < -0.4 is 16.0 Å². The minimum absolute atomic E-state index is 0.0472. The third-order valence-electron chi connectivity index (χ3n) is 5.60. The van der Waals surface area contributed by atoms with Gasteiger partial charge in [-0.15, -0.1) is 0 Å². The number of nitrogens with one attached hydrogen (secondary N) is 3. The van der Waals surface area contributed by atoms with Crippen LogP contribution in [0.25, 0.3) is 0 Å². The van der Waals surface area contributed by atoms with Crippen molar-refractivity contribution >= 4 is 40.7 Å². The van der Waals surface area contributed by atoms with Gasteiger partial charge in [-0.05, 0) is 53.9 Å². The molecule has 0 saturated heterocycles. The van der Waals surface area contributed by atoms with E-state index in [1.54, 1.807) is 36.4 Å². The number of carbonyl (C=O) groups excluding carboxylic acids is 3. The SMILES string of the molecule is CCC(C)C(NC(=O)c1ccc(Cl)cc1)C(=O)Nc1ccc(F)c(NC(=O)Cc2ccccc2)c1. The van der Waals surface area contributed by atoms with Crippen LogP contribution in [0.15, 0.2) is 72.8 Å². The molecule has 2 unspecified atom stereocenters. The van der Waals surface area contributed by atoms with Crippen LogP contribution in [0.1, 0.15) is 36.2 Å². The van der Waals surface area contributed by atoms with Crippen LogP contribution in [-0.2, 0) is 16.0 Å². The van der Waals surface area contributed by atoms with Crippen LogP contribution in [-0.4, -0.2) is 23.8 Å². The first-order valence-corrected chi connectivity index (χ1v) is 11.6. The van der Waals surface area contributed by atoms with Crippen molar-refractivity contribution in [1.82, 2.24) is 5.32 Å². The Morgan fingerprint density at radius 3 is 2.29 bits per heavy atom. The Kier molecular flexibility index (Phi) is 8.98. The Balaban J connectivity index is 1.70. The molecule has 0 saturated carbocycles. The lowest BCUT2D eigenvalue weighted by Gasteiger charge is -2.24. The maximum atomic E-state index is 14.3. The minimum atomic E-state index is -0.829. The van der Waals surface area contributed by atoms with E-state index in [0.717, 1.165) is 11.6 Å². The highest BCUT2D eigenvalue weighted by Crippen LogP contribution is 2.21. The van der Waals surface area contributed by atoms with Crippen LogP contribution in [0.4, 0.5) is 15.8 Å². The van der Waals surface area contributed by atoms with Gasteiger partial charge in [0.1, 0.15) is 11.9 Å². The number of carbonyl (C=O) groups is 3. The molecule has 0 aliphatic rings. The van der Waals surface area contributed by atoms with Crippen molar-refractivity contribution in [1.29, 1.82) is 0 Å². The average molecular weight is 496 g/mol. The summed E-state index contributed by atoms with van der Waals surface area (Å²) in [5, 5.41) is 8.54. The van der Waals surface area contributed by atoms with E-state index in [1.807, 2.05) is 32.0 Å². The second-order valence-corrected chi connectivity index (χ2v) is 8.67. The first-order chi connectivity index (χ1) is 16.8. The van der Waals surface area contributed by atoms with Gasteiger partial charge in [-0.1, -0.05) is 62.2 Å². The van der Waals surface area contributed by atoms with Crippen molar-refractivity contribution in [3.05, 3.63) is 94.8 Å². The van der Waals surface area contributed by atoms with Crippen molar-refractivity contribution < 1.29 is 18.8 Å². The highest BCUT2D eigenvalue weighted by molar-refractivity contribution is 6.30. The molecule has 182 valence electrons. The van der Waals surface area contributed by atoms with Crippen molar-refractivity contribution in [3.8, 4) is 0 Å². The molecule has 3 aromatic rings. The molecule has 0 bridgehead atoms. The van der Waals surface area contributed by atoms with E-state index in [2.05, 4.69) is 16.0 Å². The third-order valence-corrected chi connectivity index (χ3v) is 5.86. The van der Waals surface area contributed by atoms with Gasteiger partial charge in [-0.3, -0.25) is 14.4 Å². The summed E-state index contributed by atoms with van der Waals surface area (Å²) in [6.07, 6.45) is 0.729. The zero-order valence-corrected chi connectivity index (χ0v) is 20.2. The zero-order chi connectivity index (χ0) is 25.4. The Hall–Kier alpha value is -3.71. The van der Waals surface area contributed by atoms with Crippen molar-refractivity contribution in [3.63, 3.8) is 0 Å². The summed E-state index contributed by atoms with van der Waals surface area (Å²) >= 11 is 5.88. The van der Waals surface area contributed by atoms with Gasteiger partial charge >= 0.3 is 0 Å². The normalized spacial score (nSPS) is 12.3. The maximum absolute atomic E-state index is 14.3. The second kappa shape index (κ2) is 12.1. The molecule has 0 aliphatic heterocycles. The van der Waals surface area contributed by atoms with E-state index in [-0.39, 0.29) is 23.9 Å². The van der Waals surface area contributed by atoms with Gasteiger partial charge in [0.2, 0.25) is 11.8 Å². The molecule has 8 heteroatoms. The molecular formula is C27H27ClFN3O3. The highest BCUT2D eigenvalue weighted by Gasteiger charge is 2.26. The summed E-state index contributed by atoms with van der Waals surface area (Å²) < 4.78 is 14.3. The number of rotatable bonds is 9. The van der Waals surface area contributed by atoms with Gasteiger partial charge in [0, 0.05) is 16.3 Å².